The molecule has 0 radical (unpaired) electrons. The lowest BCUT2D eigenvalue weighted by Gasteiger charge is -2.17. The van der Waals surface area contributed by atoms with E-state index in [4.69, 9.17) is 21.3 Å². The van der Waals surface area contributed by atoms with Gasteiger partial charge in [0.2, 0.25) is 0 Å². The summed E-state index contributed by atoms with van der Waals surface area (Å²) in [7, 11) is 1.50. The van der Waals surface area contributed by atoms with Crippen molar-refractivity contribution in [2.75, 3.05) is 25.2 Å². The number of aryl methyl sites for hydroxylation is 2. The Hall–Kier alpha value is -4.88. The van der Waals surface area contributed by atoms with E-state index in [0.29, 0.717) is 35.1 Å². The Balaban J connectivity index is 1.31. The third kappa shape index (κ3) is 5.03. The van der Waals surface area contributed by atoms with E-state index in [-0.39, 0.29) is 30.6 Å². The van der Waals surface area contributed by atoms with Crippen molar-refractivity contribution in [3.8, 4) is 28.1 Å². The monoisotopic (exact) mass is 587 g/mol. The van der Waals surface area contributed by atoms with Gasteiger partial charge < -0.3 is 19.4 Å². The molecule has 0 aliphatic carbocycles. The summed E-state index contributed by atoms with van der Waals surface area (Å²) in [6.07, 6.45) is 3.26. The number of aromatic nitrogens is 8. The van der Waals surface area contributed by atoms with Gasteiger partial charge in [0.25, 0.3) is 5.56 Å². The van der Waals surface area contributed by atoms with Gasteiger partial charge in [0.05, 0.1) is 24.9 Å². The van der Waals surface area contributed by atoms with Crippen LogP contribution in [0.1, 0.15) is 29.5 Å². The number of anilines is 1. The van der Waals surface area contributed by atoms with E-state index >= 15 is 0 Å². The number of nitrogens with zero attached hydrogens (tertiary/aromatic N) is 8. The van der Waals surface area contributed by atoms with Gasteiger partial charge in [-0.15, -0.1) is 5.10 Å². The van der Waals surface area contributed by atoms with Gasteiger partial charge in [-0.2, -0.15) is 4.68 Å². The number of benzene rings is 1. The van der Waals surface area contributed by atoms with E-state index < -0.39 is 6.09 Å². The molecule has 5 heterocycles. The summed E-state index contributed by atoms with van der Waals surface area (Å²) in [5.41, 5.74) is 5.27. The van der Waals surface area contributed by atoms with Crippen molar-refractivity contribution in [3.63, 3.8) is 0 Å². The molecule has 0 fully saturated rings. The summed E-state index contributed by atoms with van der Waals surface area (Å²) in [5, 5.41) is 21.3. The molecule has 0 bridgehead atoms. The standard InChI is InChI=1S/C28H26ClN9O4/c1-16-3-6-21(37-15-31-34-35-37)20(11-16)18-12-19-5-7-22(38(19)24(39)13-18)27-32-25(26(29)33-27)17-4-8-23(30-14-17)36(28(40)41)9-10-42-2/h3-4,6,8,11-15,22H,5,7,9-10H2,1-2H3,(H,32,33)(H,40,41)/t22-/m0/s1. The SMILES string of the molecule is COCCN(C(=O)O)c1ccc(-c2nc([C@@H]3CCc4cc(-c5cc(C)ccc5-n5cnnn5)cc(=O)n43)[nH]c2Cl)cn1. The number of methoxy groups -OCH3 is 1. The molecule has 1 amide bonds. The highest BCUT2D eigenvalue weighted by atomic mass is 35.5. The second-order valence-electron chi connectivity index (χ2n) is 9.89. The van der Waals surface area contributed by atoms with Crippen LogP contribution < -0.4 is 10.5 Å². The highest BCUT2D eigenvalue weighted by Crippen LogP contribution is 2.35. The van der Waals surface area contributed by atoms with E-state index in [2.05, 4.69) is 25.5 Å². The number of imidazole rings is 1. The number of hydrogen-bond acceptors (Lipinski definition) is 8. The lowest BCUT2D eigenvalue weighted by Crippen LogP contribution is -2.33. The first-order valence-corrected chi connectivity index (χ1v) is 13.5. The average molecular weight is 588 g/mol. The van der Waals surface area contributed by atoms with Crippen molar-refractivity contribution in [1.82, 2.24) is 39.7 Å². The van der Waals surface area contributed by atoms with Gasteiger partial charge in [0, 0.05) is 36.2 Å². The summed E-state index contributed by atoms with van der Waals surface area (Å²) in [5.74, 6) is 0.823. The fraction of sp³-hybridized carbons (Fsp3) is 0.250. The lowest BCUT2D eigenvalue weighted by atomic mass is 10.0. The third-order valence-corrected chi connectivity index (χ3v) is 7.51. The summed E-state index contributed by atoms with van der Waals surface area (Å²) in [4.78, 5) is 38.5. The normalized spacial score (nSPS) is 14.2. The minimum Gasteiger partial charge on any atom is -0.465 e. The number of rotatable bonds is 8. The highest BCUT2D eigenvalue weighted by molar-refractivity contribution is 6.31. The van der Waals surface area contributed by atoms with Crippen LogP contribution in [0.2, 0.25) is 5.15 Å². The zero-order chi connectivity index (χ0) is 29.4. The molecule has 4 aromatic heterocycles. The minimum atomic E-state index is -1.13. The maximum absolute atomic E-state index is 13.5. The Kier molecular flexibility index (Phi) is 7.27. The van der Waals surface area contributed by atoms with Gasteiger partial charge in [0.1, 0.15) is 28.8 Å². The maximum atomic E-state index is 13.5. The molecule has 13 nitrogen and oxygen atoms in total. The molecule has 1 atom stereocenters. The Morgan fingerprint density at radius 1 is 1.21 bits per heavy atom. The van der Waals surface area contributed by atoms with E-state index in [1.54, 1.807) is 27.4 Å². The molecule has 42 heavy (non-hydrogen) atoms. The first kappa shape index (κ1) is 27.3. The number of fused-ring (bicyclic) bond motifs is 1. The quantitative estimate of drug-likeness (QED) is 0.275. The summed E-state index contributed by atoms with van der Waals surface area (Å²) in [6, 6.07) is 12.5. The van der Waals surface area contributed by atoms with Crippen molar-refractivity contribution < 1.29 is 14.6 Å². The van der Waals surface area contributed by atoms with Crippen LogP contribution in [0.5, 0.6) is 0 Å². The predicted octanol–water partition coefficient (Wildman–Crippen LogP) is 3.90. The molecule has 5 aromatic rings. The summed E-state index contributed by atoms with van der Waals surface area (Å²) >= 11 is 6.56. The Bertz CT molecular complexity index is 1820. The number of amides is 1. The van der Waals surface area contributed by atoms with Crippen LogP contribution in [0, 0.1) is 6.92 Å². The smallest absolute Gasteiger partial charge is 0.413 e. The molecule has 2 N–H and O–H groups in total. The number of aromatic amines is 1. The second-order valence-corrected chi connectivity index (χ2v) is 10.3. The van der Waals surface area contributed by atoms with E-state index in [1.807, 2.05) is 31.2 Å². The van der Waals surface area contributed by atoms with Crippen LogP contribution in [0.4, 0.5) is 10.6 Å². The van der Waals surface area contributed by atoms with Gasteiger partial charge in [0.15, 0.2) is 0 Å². The average Bonchev–Trinajstić information content (AvgIpc) is 3.74. The Labute approximate surface area is 244 Å². The highest BCUT2D eigenvalue weighted by Gasteiger charge is 2.29. The van der Waals surface area contributed by atoms with Crippen molar-refractivity contribution in [3.05, 3.63) is 87.6 Å². The molecule has 0 saturated carbocycles. The minimum absolute atomic E-state index is 0.145. The van der Waals surface area contributed by atoms with Crippen molar-refractivity contribution in [1.29, 1.82) is 0 Å². The number of nitrogens with one attached hydrogen (secondary N) is 1. The number of halogens is 1. The number of H-pyrrole nitrogens is 1. The zero-order valence-corrected chi connectivity index (χ0v) is 23.5. The van der Waals surface area contributed by atoms with Crippen LogP contribution in [0.25, 0.3) is 28.1 Å². The van der Waals surface area contributed by atoms with Crippen LogP contribution in [0.15, 0.2) is 59.8 Å². The lowest BCUT2D eigenvalue weighted by molar-refractivity contribution is 0.186. The predicted molar refractivity (Wildman–Crippen MR) is 154 cm³/mol. The number of ether oxygens (including phenoxy) is 1. The Morgan fingerprint density at radius 2 is 2.07 bits per heavy atom. The van der Waals surface area contributed by atoms with Gasteiger partial charge in [-0.25, -0.2) is 14.8 Å². The molecule has 1 aliphatic rings. The van der Waals surface area contributed by atoms with Crippen LogP contribution in [-0.4, -0.2) is 71.2 Å². The molecule has 14 heteroatoms. The number of pyridine rings is 2. The molecule has 1 aromatic carbocycles. The topological polar surface area (TPSA) is 157 Å². The molecular weight excluding hydrogens is 562 g/mol. The van der Waals surface area contributed by atoms with Crippen molar-refractivity contribution in [2.45, 2.75) is 25.8 Å². The first-order chi connectivity index (χ1) is 20.3. The molecule has 0 saturated heterocycles. The molecule has 1 aliphatic heterocycles. The van der Waals surface area contributed by atoms with Crippen molar-refractivity contribution in [2.24, 2.45) is 0 Å². The van der Waals surface area contributed by atoms with Crippen LogP contribution in [-0.2, 0) is 11.2 Å². The van der Waals surface area contributed by atoms with E-state index in [0.717, 1.165) is 33.0 Å². The van der Waals surface area contributed by atoms with Gasteiger partial charge in [-0.3, -0.25) is 9.69 Å². The van der Waals surface area contributed by atoms with Crippen LogP contribution >= 0.6 is 11.6 Å². The van der Waals surface area contributed by atoms with Gasteiger partial charge in [-0.1, -0.05) is 23.2 Å². The number of hydrogen-bond donors (Lipinski definition) is 2. The fourth-order valence-corrected chi connectivity index (χ4v) is 5.50. The molecule has 6 rings (SSSR count). The Morgan fingerprint density at radius 3 is 2.79 bits per heavy atom. The molecule has 0 spiro atoms. The van der Waals surface area contributed by atoms with Crippen molar-refractivity contribution >= 4 is 23.5 Å². The third-order valence-electron chi connectivity index (χ3n) is 7.23. The van der Waals surface area contributed by atoms with E-state index in [9.17, 15) is 14.7 Å². The number of carboxylic acid groups (broad SMARTS) is 1. The number of carbonyl (C=O) groups is 1. The van der Waals surface area contributed by atoms with Gasteiger partial charge >= 0.3 is 6.09 Å². The summed E-state index contributed by atoms with van der Waals surface area (Å²) < 4.78 is 8.32. The molecule has 214 valence electrons. The number of tetrazole rings is 1. The molecule has 0 unspecified atom stereocenters. The first-order valence-electron chi connectivity index (χ1n) is 13.1. The van der Waals surface area contributed by atoms with E-state index in [1.165, 1.54) is 19.6 Å². The summed E-state index contributed by atoms with van der Waals surface area (Å²) in [6.45, 7) is 2.37. The fourth-order valence-electron chi connectivity index (χ4n) is 5.26. The van der Waals surface area contributed by atoms with Gasteiger partial charge in [-0.05, 0) is 66.1 Å². The second kappa shape index (κ2) is 11.2. The van der Waals surface area contributed by atoms with Crippen LogP contribution in [0.3, 0.4) is 0 Å². The zero-order valence-electron chi connectivity index (χ0n) is 22.7. The molecular formula is C28H26ClN9O4. The largest absolute Gasteiger partial charge is 0.465 e. The maximum Gasteiger partial charge on any atom is 0.413 e.